The quantitative estimate of drug-likeness (QED) is 0.880. The Hall–Kier alpha value is -1.36. The molecule has 0 bridgehead atoms. The summed E-state index contributed by atoms with van der Waals surface area (Å²) in [7, 11) is 0. The Morgan fingerprint density at radius 3 is 2.56 bits per heavy atom. The summed E-state index contributed by atoms with van der Waals surface area (Å²) in [6, 6.07) is 8.51. The van der Waals surface area contributed by atoms with E-state index in [2.05, 4.69) is 42.5 Å². The van der Waals surface area contributed by atoms with Gasteiger partial charge in [-0.05, 0) is 57.2 Å². The summed E-state index contributed by atoms with van der Waals surface area (Å²) in [6.45, 7) is 9.48. The topological polar surface area (TPSA) is 41.3 Å². The van der Waals surface area contributed by atoms with Crippen LogP contribution in [-0.4, -0.2) is 39.0 Å². The van der Waals surface area contributed by atoms with E-state index in [1.807, 2.05) is 12.1 Å². The average Bonchev–Trinajstić information content (AvgIpc) is 2.86. The van der Waals surface area contributed by atoms with Crippen molar-refractivity contribution < 1.29 is 5.11 Å². The summed E-state index contributed by atoms with van der Waals surface area (Å²) in [5.74, 6) is 0.404. The monoisotopic (exact) mass is 361 g/mol. The van der Waals surface area contributed by atoms with Gasteiger partial charge in [0, 0.05) is 42.0 Å². The van der Waals surface area contributed by atoms with Gasteiger partial charge in [-0.25, -0.2) is 0 Å². The van der Waals surface area contributed by atoms with Gasteiger partial charge in [0.15, 0.2) is 0 Å². The summed E-state index contributed by atoms with van der Waals surface area (Å²) >= 11 is 5.98. The molecule has 1 aromatic heterocycles. The van der Waals surface area contributed by atoms with E-state index >= 15 is 0 Å². The fraction of sp³-hybridized carbons (Fsp3) is 0.550. The molecule has 5 heteroatoms. The number of hydrogen-bond donors (Lipinski definition) is 1. The van der Waals surface area contributed by atoms with E-state index in [1.165, 1.54) is 16.8 Å². The van der Waals surface area contributed by atoms with Gasteiger partial charge in [0.05, 0.1) is 12.2 Å². The number of benzene rings is 1. The van der Waals surface area contributed by atoms with E-state index in [1.54, 1.807) is 0 Å². The minimum atomic E-state index is 0.289. The molecule has 0 spiro atoms. The van der Waals surface area contributed by atoms with E-state index in [0.29, 0.717) is 12.0 Å². The van der Waals surface area contributed by atoms with Crippen molar-refractivity contribution in [3.63, 3.8) is 0 Å². The Morgan fingerprint density at radius 1 is 1.16 bits per heavy atom. The molecule has 1 saturated heterocycles. The molecule has 2 unspecified atom stereocenters. The van der Waals surface area contributed by atoms with Gasteiger partial charge in [0.25, 0.3) is 0 Å². The molecule has 2 aromatic rings. The predicted octanol–water partition coefficient (Wildman–Crippen LogP) is 3.79. The van der Waals surface area contributed by atoms with Gasteiger partial charge < -0.3 is 5.11 Å². The first-order valence-corrected chi connectivity index (χ1v) is 9.48. The molecule has 1 aliphatic heterocycles. The first-order valence-electron chi connectivity index (χ1n) is 9.10. The zero-order valence-corrected chi connectivity index (χ0v) is 16.1. The number of piperidine rings is 1. The minimum Gasteiger partial charge on any atom is -0.396 e. The fourth-order valence-corrected chi connectivity index (χ4v) is 3.84. The first kappa shape index (κ1) is 18.4. The van der Waals surface area contributed by atoms with Crippen LogP contribution >= 0.6 is 11.6 Å². The SMILES string of the molecule is Cc1nn(Cc2ccc(Cl)cc2)c(C)c1CN1CC(CO)CCC1C. The molecular weight excluding hydrogens is 334 g/mol. The molecule has 0 aliphatic carbocycles. The molecule has 3 rings (SSSR count). The minimum absolute atomic E-state index is 0.289. The third kappa shape index (κ3) is 4.25. The normalized spacial score (nSPS) is 21.6. The number of likely N-dealkylation sites (tertiary alicyclic amines) is 1. The predicted molar refractivity (Wildman–Crippen MR) is 102 cm³/mol. The molecule has 2 atom stereocenters. The third-order valence-corrected chi connectivity index (χ3v) is 5.76. The van der Waals surface area contributed by atoms with Crippen LogP contribution in [0.4, 0.5) is 0 Å². The molecule has 4 nitrogen and oxygen atoms in total. The Balaban J connectivity index is 1.76. The lowest BCUT2D eigenvalue weighted by atomic mass is 9.93. The molecule has 1 N–H and O–H groups in total. The summed E-state index contributed by atoms with van der Waals surface area (Å²) in [5, 5.41) is 15.0. The maximum atomic E-state index is 9.51. The van der Waals surface area contributed by atoms with Crippen LogP contribution in [0.25, 0.3) is 0 Å². The van der Waals surface area contributed by atoms with Gasteiger partial charge in [0.1, 0.15) is 0 Å². The van der Waals surface area contributed by atoms with Gasteiger partial charge in [-0.15, -0.1) is 0 Å². The second-order valence-corrected chi connectivity index (χ2v) is 7.77. The summed E-state index contributed by atoms with van der Waals surface area (Å²) in [5.41, 5.74) is 4.85. The fourth-order valence-electron chi connectivity index (χ4n) is 3.71. The summed E-state index contributed by atoms with van der Waals surface area (Å²) in [6.07, 6.45) is 2.28. The van der Waals surface area contributed by atoms with Crippen molar-refractivity contribution in [2.24, 2.45) is 5.92 Å². The van der Waals surface area contributed by atoms with Gasteiger partial charge in [-0.1, -0.05) is 23.7 Å². The van der Waals surface area contributed by atoms with Crippen LogP contribution < -0.4 is 0 Å². The van der Waals surface area contributed by atoms with Crippen molar-refractivity contribution in [2.45, 2.75) is 52.7 Å². The number of hydrogen-bond acceptors (Lipinski definition) is 3. The maximum Gasteiger partial charge on any atom is 0.0662 e. The summed E-state index contributed by atoms with van der Waals surface area (Å²) < 4.78 is 2.09. The molecule has 0 saturated carbocycles. The number of aliphatic hydroxyl groups excluding tert-OH is 1. The van der Waals surface area contributed by atoms with Crippen molar-refractivity contribution in [1.29, 1.82) is 0 Å². The van der Waals surface area contributed by atoms with Gasteiger partial charge in [-0.2, -0.15) is 5.10 Å². The molecule has 0 amide bonds. The van der Waals surface area contributed by atoms with Crippen molar-refractivity contribution in [3.8, 4) is 0 Å². The number of aromatic nitrogens is 2. The number of aliphatic hydroxyl groups is 1. The lowest BCUT2D eigenvalue weighted by molar-refractivity contribution is 0.0768. The largest absolute Gasteiger partial charge is 0.396 e. The highest BCUT2D eigenvalue weighted by Crippen LogP contribution is 2.25. The van der Waals surface area contributed by atoms with E-state index in [9.17, 15) is 5.11 Å². The Morgan fingerprint density at radius 2 is 1.88 bits per heavy atom. The Labute approximate surface area is 155 Å². The maximum absolute atomic E-state index is 9.51. The van der Waals surface area contributed by atoms with Gasteiger partial charge >= 0.3 is 0 Å². The van der Waals surface area contributed by atoms with Gasteiger partial charge in [0.2, 0.25) is 0 Å². The van der Waals surface area contributed by atoms with E-state index < -0.39 is 0 Å². The molecule has 136 valence electrons. The van der Waals surface area contributed by atoms with Crippen LogP contribution in [0.15, 0.2) is 24.3 Å². The highest BCUT2D eigenvalue weighted by Gasteiger charge is 2.26. The molecule has 2 heterocycles. The smallest absolute Gasteiger partial charge is 0.0662 e. The molecule has 1 fully saturated rings. The van der Waals surface area contributed by atoms with Crippen LogP contribution in [-0.2, 0) is 13.1 Å². The molecule has 25 heavy (non-hydrogen) atoms. The second-order valence-electron chi connectivity index (χ2n) is 7.34. The number of nitrogens with zero attached hydrogens (tertiary/aromatic N) is 3. The number of aryl methyl sites for hydroxylation is 1. The Bertz CT molecular complexity index is 710. The zero-order valence-electron chi connectivity index (χ0n) is 15.4. The van der Waals surface area contributed by atoms with Crippen LogP contribution in [0.2, 0.25) is 5.02 Å². The van der Waals surface area contributed by atoms with Gasteiger partial charge in [-0.3, -0.25) is 9.58 Å². The van der Waals surface area contributed by atoms with Crippen molar-refractivity contribution in [2.75, 3.05) is 13.2 Å². The van der Waals surface area contributed by atoms with Crippen molar-refractivity contribution >= 4 is 11.6 Å². The number of halogens is 1. The lowest BCUT2D eigenvalue weighted by Crippen LogP contribution is -2.42. The van der Waals surface area contributed by atoms with Crippen LogP contribution in [0.5, 0.6) is 0 Å². The molecule has 1 aliphatic rings. The number of rotatable bonds is 5. The highest BCUT2D eigenvalue weighted by atomic mass is 35.5. The Kier molecular flexibility index (Phi) is 5.82. The highest BCUT2D eigenvalue weighted by molar-refractivity contribution is 6.30. The van der Waals surface area contributed by atoms with E-state index in [4.69, 9.17) is 16.7 Å². The molecule has 1 aromatic carbocycles. The zero-order chi connectivity index (χ0) is 18.0. The summed E-state index contributed by atoms with van der Waals surface area (Å²) in [4.78, 5) is 2.49. The van der Waals surface area contributed by atoms with Crippen molar-refractivity contribution in [1.82, 2.24) is 14.7 Å². The molecular formula is C20H28ClN3O. The first-order chi connectivity index (χ1) is 12.0. The lowest BCUT2D eigenvalue weighted by Gasteiger charge is -2.37. The average molecular weight is 362 g/mol. The van der Waals surface area contributed by atoms with E-state index in [-0.39, 0.29) is 6.61 Å². The van der Waals surface area contributed by atoms with Crippen LogP contribution in [0.3, 0.4) is 0 Å². The molecule has 0 radical (unpaired) electrons. The third-order valence-electron chi connectivity index (χ3n) is 5.51. The second kappa shape index (κ2) is 7.90. The standard InChI is InChI=1S/C20H28ClN3O/c1-14-4-5-18(13-25)10-23(14)12-20-15(2)22-24(16(20)3)11-17-6-8-19(21)9-7-17/h6-9,14,18,25H,4-5,10-13H2,1-3H3. The van der Waals surface area contributed by atoms with E-state index in [0.717, 1.165) is 43.2 Å². The van der Waals surface area contributed by atoms with Crippen LogP contribution in [0, 0.1) is 19.8 Å². The van der Waals surface area contributed by atoms with Crippen LogP contribution in [0.1, 0.15) is 42.3 Å². The van der Waals surface area contributed by atoms with Crippen molar-refractivity contribution in [3.05, 3.63) is 51.8 Å².